The van der Waals surface area contributed by atoms with Crippen LogP contribution in [0.4, 0.5) is 0 Å². The van der Waals surface area contributed by atoms with Crippen LogP contribution in [-0.2, 0) is 4.79 Å². The summed E-state index contributed by atoms with van der Waals surface area (Å²) < 4.78 is 11.1. The first-order valence-corrected chi connectivity index (χ1v) is 10.8. The zero-order valence-corrected chi connectivity index (χ0v) is 19.3. The van der Waals surface area contributed by atoms with Gasteiger partial charge in [0.25, 0.3) is 0 Å². The van der Waals surface area contributed by atoms with Gasteiger partial charge in [-0.15, -0.1) is 0 Å². The number of hydrazine groups is 1. The van der Waals surface area contributed by atoms with Crippen molar-refractivity contribution in [2.45, 2.75) is 24.7 Å². The molecule has 7 nitrogen and oxygen atoms in total. The highest BCUT2D eigenvalue weighted by Crippen LogP contribution is 2.50. The maximum atomic E-state index is 13.7. The summed E-state index contributed by atoms with van der Waals surface area (Å²) in [7, 11) is 6.87. The average molecular weight is 445 g/mol. The number of hydrogen-bond acceptors (Lipinski definition) is 7. The lowest BCUT2D eigenvalue weighted by molar-refractivity contribution is -0.117. The molecule has 2 aromatic rings. The van der Waals surface area contributed by atoms with Gasteiger partial charge in [-0.25, -0.2) is 5.01 Å². The smallest absolute Gasteiger partial charge is 0.162 e. The van der Waals surface area contributed by atoms with Gasteiger partial charge in [0.1, 0.15) is 17.3 Å². The second-order valence-electron chi connectivity index (χ2n) is 8.41. The van der Waals surface area contributed by atoms with E-state index in [-0.39, 0.29) is 11.7 Å². The first-order chi connectivity index (χ1) is 15.9. The van der Waals surface area contributed by atoms with Crippen LogP contribution in [0.1, 0.15) is 35.8 Å². The summed E-state index contributed by atoms with van der Waals surface area (Å²) in [6, 6.07) is 17.7. The summed E-state index contributed by atoms with van der Waals surface area (Å²) in [6.45, 7) is 0. The molecule has 2 N–H and O–H groups in total. The zero-order valence-electron chi connectivity index (χ0n) is 19.3. The third kappa shape index (κ3) is 3.83. The maximum absolute atomic E-state index is 13.7. The topological polar surface area (TPSA) is 91.8 Å². The Hall–Kier alpha value is -3.76. The molecule has 1 aliphatic heterocycles. The zero-order chi connectivity index (χ0) is 23.7. The Kier molecular flexibility index (Phi) is 6.12. The molecule has 0 bridgehead atoms. The molecule has 1 heterocycles. The molecule has 0 saturated carbocycles. The summed E-state index contributed by atoms with van der Waals surface area (Å²) in [4.78, 5) is 13.7. The number of carbonyl (C=O) groups is 1. The Morgan fingerprint density at radius 2 is 1.82 bits per heavy atom. The minimum Gasteiger partial charge on any atom is -0.497 e. The van der Waals surface area contributed by atoms with E-state index in [2.05, 4.69) is 18.2 Å². The monoisotopic (exact) mass is 444 g/mol. The fraction of sp³-hybridized carbons (Fsp3) is 0.308. The van der Waals surface area contributed by atoms with Crippen molar-refractivity contribution in [1.82, 2.24) is 10.0 Å². The van der Waals surface area contributed by atoms with Gasteiger partial charge in [0, 0.05) is 37.3 Å². The fourth-order valence-electron chi connectivity index (χ4n) is 4.91. The van der Waals surface area contributed by atoms with Crippen molar-refractivity contribution >= 4 is 5.78 Å². The molecule has 7 heteroatoms. The number of Topliss-reactive ketones (excluding diaryl/α,β-unsaturated/α-hetero) is 1. The molecule has 0 radical (unpaired) electrons. The summed E-state index contributed by atoms with van der Waals surface area (Å²) >= 11 is 0. The highest BCUT2D eigenvalue weighted by Gasteiger charge is 2.44. The molecule has 2 atom stereocenters. The summed E-state index contributed by atoms with van der Waals surface area (Å²) in [5, 5.41) is 13.8. The molecule has 1 aliphatic carbocycles. The van der Waals surface area contributed by atoms with Crippen LogP contribution in [-0.4, -0.2) is 44.1 Å². The van der Waals surface area contributed by atoms with Crippen molar-refractivity contribution in [3.05, 3.63) is 82.3 Å². The molecule has 2 unspecified atom stereocenters. The van der Waals surface area contributed by atoms with Crippen molar-refractivity contribution in [1.29, 1.82) is 5.26 Å². The number of nitrogens with two attached hydrogens (primary N) is 1. The highest BCUT2D eigenvalue weighted by molar-refractivity contribution is 6.00. The standard InChI is InChI=1S/C26H28N4O3/c1-29(2)30-21-12-17(16-8-6-5-7-9-16)13-22(31)25(21)24(20(15-27)26(30)28)19-14-18(32-3)10-11-23(19)33-4/h5-11,14,17,24H,12-13,28H2,1-4H3. The van der Waals surface area contributed by atoms with Crippen LogP contribution in [0, 0.1) is 11.3 Å². The van der Waals surface area contributed by atoms with Gasteiger partial charge in [0.05, 0.1) is 31.8 Å². The number of ketones is 1. The highest BCUT2D eigenvalue weighted by atomic mass is 16.5. The second kappa shape index (κ2) is 9.00. The van der Waals surface area contributed by atoms with Gasteiger partial charge in [0.15, 0.2) is 5.78 Å². The molecule has 0 spiro atoms. The second-order valence-corrected chi connectivity index (χ2v) is 8.41. The number of nitrogens with zero attached hydrogens (tertiary/aromatic N) is 3. The lowest BCUT2D eigenvalue weighted by atomic mass is 9.72. The summed E-state index contributed by atoms with van der Waals surface area (Å²) in [5.41, 5.74) is 10.1. The predicted octanol–water partition coefficient (Wildman–Crippen LogP) is 3.67. The molecule has 33 heavy (non-hydrogen) atoms. The van der Waals surface area contributed by atoms with E-state index in [1.54, 1.807) is 31.4 Å². The van der Waals surface area contributed by atoms with Gasteiger partial charge in [-0.05, 0) is 36.1 Å². The number of benzene rings is 2. The van der Waals surface area contributed by atoms with E-state index < -0.39 is 5.92 Å². The molecule has 2 aliphatic rings. The lowest BCUT2D eigenvalue weighted by Gasteiger charge is -2.44. The number of rotatable bonds is 5. The Balaban J connectivity index is 1.95. The van der Waals surface area contributed by atoms with E-state index in [9.17, 15) is 10.1 Å². The van der Waals surface area contributed by atoms with Gasteiger partial charge < -0.3 is 15.2 Å². The van der Waals surface area contributed by atoms with Crippen molar-refractivity contribution in [3.63, 3.8) is 0 Å². The third-order valence-corrected chi connectivity index (χ3v) is 6.36. The van der Waals surface area contributed by atoms with E-state index in [0.717, 1.165) is 11.3 Å². The molecular formula is C26H28N4O3. The predicted molar refractivity (Wildman–Crippen MR) is 125 cm³/mol. The van der Waals surface area contributed by atoms with E-state index in [1.165, 1.54) is 0 Å². The minimum absolute atomic E-state index is 0.00655. The number of ether oxygens (including phenoxy) is 2. The Morgan fingerprint density at radius 3 is 2.42 bits per heavy atom. The Labute approximate surface area is 194 Å². The fourth-order valence-corrected chi connectivity index (χ4v) is 4.91. The first-order valence-electron chi connectivity index (χ1n) is 10.8. The summed E-state index contributed by atoms with van der Waals surface area (Å²) in [5.74, 6) is 0.915. The van der Waals surface area contributed by atoms with Gasteiger partial charge in [-0.2, -0.15) is 5.26 Å². The molecule has 0 saturated heterocycles. The molecule has 0 aromatic heterocycles. The van der Waals surface area contributed by atoms with Crippen LogP contribution < -0.4 is 15.2 Å². The molecular weight excluding hydrogens is 416 g/mol. The normalized spacial score (nSPS) is 20.6. The minimum atomic E-state index is -0.629. The van der Waals surface area contributed by atoms with Gasteiger partial charge in [-0.3, -0.25) is 9.80 Å². The van der Waals surface area contributed by atoms with Crippen molar-refractivity contribution in [2.75, 3.05) is 28.3 Å². The van der Waals surface area contributed by atoms with E-state index in [1.807, 2.05) is 43.4 Å². The van der Waals surface area contributed by atoms with Gasteiger partial charge in [0.2, 0.25) is 0 Å². The van der Waals surface area contributed by atoms with Crippen LogP contribution in [0.5, 0.6) is 11.5 Å². The van der Waals surface area contributed by atoms with Crippen molar-refractivity contribution in [2.24, 2.45) is 5.73 Å². The Morgan fingerprint density at radius 1 is 1.09 bits per heavy atom. The first kappa shape index (κ1) is 22.4. The van der Waals surface area contributed by atoms with Crippen LogP contribution in [0.15, 0.2) is 71.2 Å². The molecule has 170 valence electrons. The summed E-state index contributed by atoms with van der Waals surface area (Å²) in [6.07, 6.45) is 0.997. The van der Waals surface area contributed by atoms with Crippen LogP contribution >= 0.6 is 0 Å². The molecule has 2 aromatic carbocycles. The van der Waals surface area contributed by atoms with Crippen molar-refractivity contribution in [3.8, 4) is 17.6 Å². The number of carbonyl (C=O) groups excluding carboxylic acids is 1. The van der Waals surface area contributed by atoms with Gasteiger partial charge >= 0.3 is 0 Å². The lowest BCUT2D eigenvalue weighted by Crippen LogP contribution is -2.46. The molecule has 4 rings (SSSR count). The number of nitriles is 1. The van der Waals surface area contributed by atoms with Gasteiger partial charge in [-0.1, -0.05) is 30.3 Å². The van der Waals surface area contributed by atoms with E-state index in [0.29, 0.717) is 46.9 Å². The largest absolute Gasteiger partial charge is 0.497 e. The number of methoxy groups -OCH3 is 2. The Bertz CT molecular complexity index is 1180. The SMILES string of the molecule is COc1ccc(OC)c(C2C(C#N)=C(N)N(N(C)C)C3=C2C(=O)CC(c2ccccc2)C3)c1. The number of allylic oxidation sites excluding steroid dienone is 3. The van der Waals surface area contributed by atoms with Crippen LogP contribution in [0.25, 0.3) is 0 Å². The number of hydrogen-bond donors (Lipinski definition) is 1. The van der Waals surface area contributed by atoms with E-state index >= 15 is 0 Å². The molecule has 0 fully saturated rings. The average Bonchev–Trinajstić information content (AvgIpc) is 2.82. The van der Waals surface area contributed by atoms with E-state index in [4.69, 9.17) is 15.2 Å². The molecule has 0 amide bonds. The van der Waals surface area contributed by atoms with Crippen LogP contribution in [0.3, 0.4) is 0 Å². The maximum Gasteiger partial charge on any atom is 0.162 e. The van der Waals surface area contributed by atoms with Crippen molar-refractivity contribution < 1.29 is 14.3 Å². The van der Waals surface area contributed by atoms with Crippen LogP contribution in [0.2, 0.25) is 0 Å². The quantitative estimate of drug-likeness (QED) is 0.752. The third-order valence-electron chi connectivity index (χ3n) is 6.36.